The Hall–Kier alpha value is -1.30. The van der Waals surface area contributed by atoms with Crippen LogP contribution in [0.5, 0.6) is 0 Å². The van der Waals surface area contributed by atoms with Gasteiger partial charge in [-0.15, -0.1) is 0 Å². The van der Waals surface area contributed by atoms with Crippen molar-refractivity contribution in [1.29, 1.82) is 0 Å². The predicted octanol–water partition coefficient (Wildman–Crippen LogP) is 3.99. The van der Waals surface area contributed by atoms with Crippen LogP contribution in [0.2, 0.25) is 5.02 Å². The smallest absolute Gasteiger partial charge is 0.311 e. The molecular formula is C25H33ClN2O3. The molecule has 2 saturated carbocycles. The van der Waals surface area contributed by atoms with Crippen molar-refractivity contribution in [1.82, 2.24) is 4.90 Å². The van der Waals surface area contributed by atoms with E-state index in [0.29, 0.717) is 17.8 Å². The zero-order valence-corrected chi connectivity index (χ0v) is 19.3. The number of carbonyl (C=O) groups is 1. The fourth-order valence-electron chi connectivity index (χ4n) is 7.40. The predicted molar refractivity (Wildman–Crippen MR) is 120 cm³/mol. The van der Waals surface area contributed by atoms with Crippen LogP contribution in [0.15, 0.2) is 24.3 Å². The van der Waals surface area contributed by atoms with Gasteiger partial charge in [-0.25, -0.2) is 0 Å². The van der Waals surface area contributed by atoms with E-state index in [1.165, 1.54) is 12.1 Å². The van der Waals surface area contributed by atoms with Crippen LogP contribution in [0.4, 0.5) is 5.69 Å². The Morgan fingerprint density at radius 3 is 2.71 bits per heavy atom. The molecule has 1 aromatic rings. The zero-order valence-electron chi connectivity index (χ0n) is 18.6. The lowest BCUT2D eigenvalue weighted by molar-refractivity contribution is -0.168. The van der Waals surface area contributed by atoms with E-state index in [-0.39, 0.29) is 29.2 Å². The van der Waals surface area contributed by atoms with Crippen molar-refractivity contribution >= 4 is 23.3 Å². The van der Waals surface area contributed by atoms with Gasteiger partial charge in [0.1, 0.15) is 11.7 Å². The van der Waals surface area contributed by atoms with Crippen molar-refractivity contribution in [2.24, 2.45) is 23.7 Å². The molecular weight excluding hydrogens is 412 g/mol. The van der Waals surface area contributed by atoms with Gasteiger partial charge in [0.2, 0.25) is 0 Å². The van der Waals surface area contributed by atoms with E-state index in [0.717, 1.165) is 57.0 Å². The number of benzene rings is 1. The summed E-state index contributed by atoms with van der Waals surface area (Å²) in [6.07, 6.45) is 4.64. The average molecular weight is 445 g/mol. The fraction of sp³-hybridized carbons (Fsp3) is 0.720. The summed E-state index contributed by atoms with van der Waals surface area (Å²) < 4.78 is 12.6. The van der Waals surface area contributed by atoms with Crippen LogP contribution < -0.4 is 4.90 Å². The van der Waals surface area contributed by atoms with E-state index in [4.69, 9.17) is 21.1 Å². The number of anilines is 1. The van der Waals surface area contributed by atoms with E-state index in [1.54, 1.807) is 0 Å². The standard InChI is InChI=1S/C25H33ClN2O3/c1-16-6-7-21-19(22(29)30-25(21)20(16)8-9-24(2)23(25)31-24)15-27-10-12-28(13-11-27)18-5-3-4-17(26)14-18/h3-5,14,16,19-21,23H,6-13,15H2,1-2H3/t16-,19+,20-,21-,23+,24+,25-/m1/s1. The highest BCUT2D eigenvalue weighted by Crippen LogP contribution is 2.66. The van der Waals surface area contributed by atoms with Crippen molar-refractivity contribution in [3.05, 3.63) is 29.3 Å². The highest BCUT2D eigenvalue weighted by atomic mass is 35.5. The average Bonchev–Trinajstić information content (AvgIpc) is 3.38. The molecule has 5 fully saturated rings. The van der Waals surface area contributed by atoms with Crippen LogP contribution in [0, 0.1) is 23.7 Å². The first-order valence-corrected chi connectivity index (χ1v) is 12.4. The second-order valence-electron chi connectivity index (χ2n) is 10.8. The lowest BCUT2D eigenvalue weighted by Crippen LogP contribution is -2.58. The summed E-state index contributed by atoms with van der Waals surface area (Å²) in [5, 5.41) is 0.779. The van der Waals surface area contributed by atoms with Gasteiger partial charge in [0.15, 0.2) is 0 Å². The molecule has 1 spiro atoms. The number of carbonyl (C=O) groups excluding carboxylic acids is 1. The molecule has 3 saturated heterocycles. The summed E-state index contributed by atoms with van der Waals surface area (Å²) >= 11 is 6.18. The molecule has 1 aromatic carbocycles. The van der Waals surface area contributed by atoms with Gasteiger partial charge in [-0.3, -0.25) is 9.69 Å². The molecule has 0 amide bonds. The molecule has 5 aliphatic rings. The lowest BCUT2D eigenvalue weighted by atomic mass is 9.55. The van der Waals surface area contributed by atoms with Gasteiger partial charge in [0.05, 0.1) is 11.5 Å². The number of hydrogen-bond donors (Lipinski definition) is 0. The van der Waals surface area contributed by atoms with Gasteiger partial charge in [-0.2, -0.15) is 0 Å². The van der Waals surface area contributed by atoms with Gasteiger partial charge in [0.25, 0.3) is 0 Å². The third kappa shape index (κ3) is 3.07. The van der Waals surface area contributed by atoms with E-state index in [9.17, 15) is 4.79 Å². The molecule has 0 N–H and O–H groups in total. The molecule has 0 unspecified atom stereocenters. The number of nitrogens with zero attached hydrogens (tertiary/aromatic N) is 2. The quantitative estimate of drug-likeness (QED) is 0.521. The van der Waals surface area contributed by atoms with E-state index in [1.807, 2.05) is 18.2 Å². The first kappa shape index (κ1) is 20.3. The van der Waals surface area contributed by atoms with E-state index >= 15 is 0 Å². The Morgan fingerprint density at radius 1 is 1.13 bits per heavy atom. The van der Waals surface area contributed by atoms with Crippen LogP contribution in [0.1, 0.15) is 39.5 Å². The van der Waals surface area contributed by atoms with Crippen LogP contribution in [0.3, 0.4) is 0 Å². The van der Waals surface area contributed by atoms with Gasteiger partial charge in [-0.05, 0) is 56.7 Å². The van der Waals surface area contributed by atoms with Crippen LogP contribution >= 0.6 is 11.6 Å². The van der Waals surface area contributed by atoms with Crippen LogP contribution in [0.25, 0.3) is 0 Å². The number of epoxide rings is 1. The molecule has 0 radical (unpaired) electrons. The van der Waals surface area contributed by atoms with Crippen molar-refractivity contribution in [2.75, 3.05) is 37.6 Å². The molecule has 3 heterocycles. The number of esters is 1. The highest BCUT2D eigenvalue weighted by molar-refractivity contribution is 6.30. The molecule has 2 aliphatic carbocycles. The lowest BCUT2D eigenvalue weighted by Gasteiger charge is -2.50. The maximum absolute atomic E-state index is 13.2. The fourth-order valence-corrected chi connectivity index (χ4v) is 7.59. The van der Waals surface area contributed by atoms with Crippen molar-refractivity contribution in [3.8, 4) is 0 Å². The van der Waals surface area contributed by atoms with Crippen molar-refractivity contribution in [2.45, 2.75) is 56.8 Å². The Morgan fingerprint density at radius 2 is 1.94 bits per heavy atom. The third-order valence-corrected chi connectivity index (χ3v) is 9.33. The summed E-state index contributed by atoms with van der Waals surface area (Å²) in [6.45, 7) is 9.24. The molecule has 168 valence electrons. The number of rotatable bonds is 3. The second-order valence-corrected chi connectivity index (χ2v) is 11.2. The topological polar surface area (TPSA) is 45.3 Å². The summed E-state index contributed by atoms with van der Waals surface area (Å²) in [6, 6.07) is 8.09. The molecule has 0 bridgehead atoms. The minimum Gasteiger partial charge on any atom is -0.455 e. The molecule has 6 rings (SSSR count). The number of hydrogen-bond acceptors (Lipinski definition) is 5. The summed E-state index contributed by atoms with van der Waals surface area (Å²) in [4.78, 5) is 18.1. The minimum absolute atomic E-state index is 0.0146. The first-order chi connectivity index (χ1) is 14.9. The van der Waals surface area contributed by atoms with Crippen molar-refractivity contribution < 1.29 is 14.3 Å². The second kappa shape index (κ2) is 7.10. The summed E-state index contributed by atoms with van der Waals surface area (Å²) in [5.74, 6) is 1.39. The number of ether oxygens (including phenoxy) is 2. The number of fused-ring (bicyclic) bond motifs is 1. The molecule has 5 nitrogen and oxygen atoms in total. The summed E-state index contributed by atoms with van der Waals surface area (Å²) in [5.41, 5.74) is 0.751. The van der Waals surface area contributed by atoms with Gasteiger partial charge >= 0.3 is 5.97 Å². The van der Waals surface area contributed by atoms with E-state index < -0.39 is 0 Å². The molecule has 7 atom stereocenters. The first-order valence-electron chi connectivity index (χ1n) is 12.0. The third-order valence-electron chi connectivity index (χ3n) is 9.09. The maximum Gasteiger partial charge on any atom is 0.311 e. The number of halogens is 1. The van der Waals surface area contributed by atoms with Crippen molar-refractivity contribution in [3.63, 3.8) is 0 Å². The Labute approximate surface area is 190 Å². The largest absolute Gasteiger partial charge is 0.455 e. The Balaban J connectivity index is 1.17. The SMILES string of the molecule is C[C@@H]1CC[C@@H]2[C@H](CN3CCN(c4cccc(Cl)c4)CC3)C(=O)O[C@]23[C@@H]1CC[C@]1(C)O[C@H]31. The van der Waals surface area contributed by atoms with Crippen LogP contribution in [-0.4, -0.2) is 60.9 Å². The van der Waals surface area contributed by atoms with Gasteiger partial charge in [-0.1, -0.05) is 24.6 Å². The molecule has 31 heavy (non-hydrogen) atoms. The zero-order chi connectivity index (χ0) is 21.4. The summed E-state index contributed by atoms with van der Waals surface area (Å²) in [7, 11) is 0. The monoisotopic (exact) mass is 444 g/mol. The minimum atomic E-state index is -0.366. The number of piperazine rings is 1. The van der Waals surface area contributed by atoms with E-state index in [2.05, 4.69) is 29.7 Å². The Kier molecular flexibility index (Phi) is 4.65. The Bertz CT molecular complexity index is 887. The molecule has 0 aromatic heterocycles. The van der Waals surface area contributed by atoms with Crippen LogP contribution in [-0.2, 0) is 14.3 Å². The van der Waals surface area contributed by atoms with Gasteiger partial charge < -0.3 is 14.4 Å². The maximum atomic E-state index is 13.2. The highest BCUT2D eigenvalue weighted by Gasteiger charge is 2.77. The molecule has 6 heteroatoms. The molecule has 3 aliphatic heterocycles. The normalized spacial score (nSPS) is 44.3. The van der Waals surface area contributed by atoms with Gasteiger partial charge in [0, 0.05) is 55.3 Å².